The first kappa shape index (κ1) is 23.3. The summed E-state index contributed by atoms with van der Waals surface area (Å²) in [4.78, 5) is 18.7. The van der Waals surface area contributed by atoms with Crippen LogP contribution in [-0.2, 0) is 18.7 Å². The number of rotatable bonds is 8. The minimum atomic E-state index is -3.45. The number of carbonyl (C=O) groups excluding carboxylic acids is 1. The van der Waals surface area contributed by atoms with Crippen molar-refractivity contribution < 1.29 is 21.8 Å². The fourth-order valence-corrected chi connectivity index (χ4v) is 4.85. The molecule has 0 saturated carbocycles. The van der Waals surface area contributed by atoms with Crippen molar-refractivity contribution >= 4 is 40.8 Å². The van der Waals surface area contributed by atoms with Crippen molar-refractivity contribution in [2.45, 2.75) is 58.0 Å². The van der Waals surface area contributed by atoms with Gasteiger partial charge in [-0.3, -0.25) is 8.98 Å². The lowest BCUT2D eigenvalue weighted by atomic mass is 10.2. The molecule has 0 radical (unpaired) electrons. The molecule has 1 atom stereocenters. The predicted octanol–water partition coefficient (Wildman–Crippen LogP) is 2.45. The zero-order chi connectivity index (χ0) is 21.3. The highest BCUT2D eigenvalue weighted by Crippen LogP contribution is 2.36. The van der Waals surface area contributed by atoms with Gasteiger partial charge in [0.25, 0.3) is 16.0 Å². The third kappa shape index (κ3) is 6.24. The summed E-state index contributed by atoms with van der Waals surface area (Å²) in [5.74, 6) is -0.238. The van der Waals surface area contributed by atoms with Crippen LogP contribution in [0, 0.1) is 0 Å². The molecule has 1 N–H and O–H groups in total. The number of hydrogen-bond acceptors (Lipinski definition) is 8. The first-order chi connectivity index (χ1) is 12.7. The monoisotopic (exact) mass is 449 g/mol. The van der Waals surface area contributed by atoms with E-state index in [0.717, 1.165) is 6.26 Å². The first-order valence-corrected chi connectivity index (χ1v) is 14.8. The third-order valence-corrected chi connectivity index (χ3v) is 11.1. The van der Waals surface area contributed by atoms with Crippen LogP contribution in [0.1, 0.15) is 38.2 Å². The molecular weight excluding hydrogens is 418 g/mol. The molecule has 160 valence electrons. The maximum Gasteiger partial charge on any atom is 0.271 e. The van der Waals surface area contributed by atoms with Gasteiger partial charge >= 0.3 is 0 Å². The van der Waals surface area contributed by atoms with E-state index in [2.05, 4.69) is 44.2 Å². The Balaban J connectivity index is 1.83. The SMILES string of the molecule is CC(CO[Si](C)(C)C(C)(C)C)NC(=O)c1csc(N2CC(OS(C)(=O)=O)C2)n1. The molecule has 1 saturated heterocycles. The number of hydrogen-bond donors (Lipinski definition) is 1. The normalized spacial score (nSPS) is 17.3. The van der Waals surface area contributed by atoms with E-state index in [1.54, 1.807) is 5.38 Å². The van der Waals surface area contributed by atoms with E-state index in [9.17, 15) is 13.2 Å². The highest BCUT2D eigenvalue weighted by atomic mass is 32.2. The maximum atomic E-state index is 12.4. The van der Waals surface area contributed by atoms with Gasteiger partial charge in [0.15, 0.2) is 13.4 Å². The number of nitrogens with zero attached hydrogens (tertiary/aromatic N) is 2. The molecule has 28 heavy (non-hydrogen) atoms. The molecule has 11 heteroatoms. The molecular formula is C17H31N3O5S2Si. The number of nitrogens with one attached hydrogen (secondary N) is 1. The zero-order valence-electron chi connectivity index (χ0n) is 17.6. The summed E-state index contributed by atoms with van der Waals surface area (Å²) < 4.78 is 33.3. The highest BCUT2D eigenvalue weighted by molar-refractivity contribution is 7.86. The summed E-state index contributed by atoms with van der Waals surface area (Å²) in [6.07, 6.45) is 0.681. The predicted molar refractivity (Wildman–Crippen MR) is 114 cm³/mol. The first-order valence-electron chi connectivity index (χ1n) is 9.21. The number of aromatic nitrogens is 1. The van der Waals surface area contributed by atoms with E-state index in [0.29, 0.717) is 30.5 Å². The van der Waals surface area contributed by atoms with Gasteiger partial charge in [0.1, 0.15) is 11.8 Å². The Morgan fingerprint density at radius 2 is 2.04 bits per heavy atom. The molecule has 1 aromatic rings. The molecule has 1 fully saturated rings. The van der Waals surface area contributed by atoms with E-state index in [-0.39, 0.29) is 23.1 Å². The molecule has 1 aromatic heterocycles. The van der Waals surface area contributed by atoms with Gasteiger partial charge < -0.3 is 14.6 Å². The summed E-state index contributed by atoms with van der Waals surface area (Å²) in [5, 5.41) is 5.44. The Labute approximate surface area is 172 Å². The van der Waals surface area contributed by atoms with E-state index in [1.165, 1.54) is 11.3 Å². The topological polar surface area (TPSA) is 97.8 Å². The quantitative estimate of drug-likeness (QED) is 0.481. The molecule has 0 aromatic carbocycles. The summed E-state index contributed by atoms with van der Waals surface area (Å²) in [7, 11) is -5.31. The molecule has 2 rings (SSSR count). The summed E-state index contributed by atoms with van der Waals surface area (Å²) in [6.45, 7) is 14.2. The van der Waals surface area contributed by atoms with Crippen molar-refractivity contribution in [3.63, 3.8) is 0 Å². The van der Waals surface area contributed by atoms with Crippen LogP contribution in [0.2, 0.25) is 18.1 Å². The van der Waals surface area contributed by atoms with Crippen molar-refractivity contribution in [1.29, 1.82) is 0 Å². The lowest BCUT2D eigenvalue weighted by Gasteiger charge is -2.37. The van der Waals surface area contributed by atoms with Gasteiger partial charge in [0.05, 0.1) is 12.9 Å². The van der Waals surface area contributed by atoms with E-state index in [1.807, 2.05) is 11.8 Å². The standard InChI is InChI=1S/C17H31N3O5S2Si/c1-12(10-24-28(6,7)17(2,3)4)18-15(21)14-11-26-16(19-14)20-8-13(9-20)25-27(5,22)23/h11-13H,8-10H2,1-7H3,(H,18,21). The Bertz CT molecular complexity index is 798. The highest BCUT2D eigenvalue weighted by Gasteiger charge is 2.37. The maximum absolute atomic E-state index is 12.4. The van der Waals surface area contributed by atoms with Crippen LogP contribution < -0.4 is 10.2 Å². The third-order valence-electron chi connectivity index (χ3n) is 5.03. The van der Waals surface area contributed by atoms with Gasteiger partial charge in [-0.15, -0.1) is 11.3 Å². The molecule has 1 aliphatic rings. The molecule has 8 nitrogen and oxygen atoms in total. The van der Waals surface area contributed by atoms with Crippen LogP contribution in [0.4, 0.5) is 5.13 Å². The van der Waals surface area contributed by atoms with Gasteiger partial charge in [0.2, 0.25) is 0 Å². The fraction of sp³-hybridized carbons (Fsp3) is 0.765. The van der Waals surface area contributed by atoms with Gasteiger partial charge in [-0.2, -0.15) is 8.42 Å². The molecule has 1 amide bonds. The number of carbonyl (C=O) groups is 1. The van der Waals surface area contributed by atoms with E-state index in [4.69, 9.17) is 8.61 Å². The van der Waals surface area contributed by atoms with E-state index < -0.39 is 18.4 Å². The molecule has 1 aliphatic heterocycles. The number of anilines is 1. The fourth-order valence-electron chi connectivity index (χ4n) is 2.31. The van der Waals surface area contributed by atoms with Crippen molar-refractivity contribution in [3.8, 4) is 0 Å². The van der Waals surface area contributed by atoms with Crippen LogP contribution in [0.5, 0.6) is 0 Å². The van der Waals surface area contributed by atoms with Crippen LogP contribution in [0.25, 0.3) is 0 Å². The second-order valence-electron chi connectivity index (χ2n) is 8.79. The minimum absolute atomic E-state index is 0.121. The summed E-state index contributed by atoms with van der Waals surface area (Å²) in [6, 6.07) is -0.122. The van der Waals surface area contributed by atoms with Gasteiger partial charge in [-0.25, -0.2) is 4.98 Å². The van der Waals surface area contributed by atoms with Crippen LogP contribution >= 0.6 is 11.3 Å². The Morgan fingerprint density at radius 3 is 2.57 bits per heavy atom. The smallest absolute Gasteiger partial charge is 0.271 e. The second kappa shape index (κ2) is 8.39. The summed E-state index contributed by atoms with van der Waals surface area (Å²) >= 11 is 1.35. The largest absolute Gasteiger partial charge is 0.415 e. The molecule has 0 spiro atoms. The Kier molecular flexibility index (Phi) is 6.97. The zero-order valence-corrected chi connectivity index (χ0v) is 20.2. The van der Waals surface area contributed by atoms with Crippen molar-refractivity contribution in [1.82, 2.24) is 10.3 Å². The van der Waals surface area contributed by atoms with E-state index >= 15 is 0 Å². The molecule has 1 unspecified atom stereocenters. The van der Waals surface area contributed by atoms with Crippen molar-refractivity contribution in [2.75, 3.05) is 30.9 Å². The molecule has 2 heterocycles. The van der Waals surface area contributed by atoms with Crippen molar-refractivity contribution in [3.05, 3.63) is 11.1 Å². The average molecular weight is 450 g/mol. The summed E-state index contributed by atoms with van der Waals surface area (Å²) in [5.41, 5.74) is 0.353. The number of thiazole rings is 1. The van der Waals surface area contributed by atoms with Crippen LogP contribution in [-0.4, -0.2) is 65.7 Å². The van der Waals surface area contributed by atoms with Gasteiger partial charge in [0, 0.05) is 24.5 Å². The molecule has 0 bridgehead atoms. The lowest BCUT2D eigenvalue weighted by Crippen LogP contribution is -2.53. The van der Waals surface area contributed by atoms with Crippen molar-refractivity contribution in [2.24, 2.45) is 0 Å². The Hall–Kier alpha value is -1.01. The minimum Gasteiger partial charge on any atom is -0.415 e. The Morgan fingerprint density at radius 1 is 1.43 bits per heavy atom. The molecule has 0 aliphatic carbocycles. The lowest BCUT2D eigenvalue weighted by molar-refractivity contribution is 0.0920. The van der Waals surface area contributed by atoms with Gasteiger partial charge in [-0.1, -0.05) is 20.8 Å². The number of amides is 1. The van der Waals surface area contributed by atoms with Gasteiger partial charge in [-0.05, 0) is 25.1 Å². The van der Waals surface area contributed by atoms with Crippen LogP contribution in [0.3, 0.4) is 0 Å². The van der Waals surface area contributed by atoms with Crippen LogP contribution in [0.15, 0.2) is 5.38 Å². The second-order valence-corrected chi connectivity index (χ2v) is 16.0. The average Bonchev–Trinajstić information content (AvgIpc) is 2.96.